The second-order valence-corrected chi connectivity index (χ2v) is 5.00. The van der Waals surface area contributed by atoms with E-state index in [0.29, 0.717) is 18.6 Å². The summed E-state index contributed by atoms with van der Waals surface area (Å²) in [7, 11) is 0. The van der Waals surface area contributed by atoms with E-state index < -0.39 is 4.92 Å². The molecule has 0 atom stereocenters. The van der Waals surface area contributed by atoms with Crippen LogP contribution >= 0.6 is 0 Å². The summed E-state index contributed by atoms with van der Waals surface area (Å²) in [6.45, 7) is 1.55. The van der Waals surface area contributed by atoms with Crippen LogP contribution in [0, 0.1) is 21.4 Å². The van der Waals surface area contributed by atoms with Crippen molar-refractivity contribution >= 4 is 11.5 Å². The Hall–Kier alpha value is -3.20. The van der Waals surface area contributed by atoms with Gasteiger partial charge in [0.25, 0.3) is 5.69 Å². The number of ketones is 1. The first kappa shape index (κ1) is 16.2. The summed E-state index contributed by atoms with van der Waals surface area (Å²) in [5, 5.41) is 19.8. The van der Waals surface area contributed by atoms with Crippen molar-refractivity contribution in [1.29, 1.82) is 5.26 Å². The van der Waals surface area contributed by atoms with Crippen molar-refractivity contribution in [3.8, 4) is 17.6 Å². The number of aryl methyl sites for hydroxylation is 1. The highest BCUT2D eigenvalue weighted by atomic mass is 16.6. The Labute approximate surface area is 133 Å². The topological polar surface area (TPSA) is 93.2 Å². The van der Waals surface area contributed by atoms with Gasteiger partial charge in [-0.05, 0) is 37.1 Å². The summed E-state index contributed by atoms with van der Waals surface area (Å²) in [6, 6.07) is 12.9. The molecule has 0 saturated heterocycles. The van der Waals surface area contributed by atoms with Crippen LogP contribution in [-0.2, 0) is 11.2 Å². The van der Waals surface area contributed by atoms with Gasteiger partial charge in [0.2, 0.25) is 0 Å². The summed E-state index contributed by atoms with van der Waals surface area (Å²) in [4.78, 5) is 21.1. The maximum Gasteiger partial charge on any atom is 0.271 e. The first-order chi connectivity index (χ1) is 11.0. The van der Waals surface area contributed by atoms with Crippen LogP contribution in [0.25, 0.3) is 0 Å². The summed E-state index contributed by atoms with van der Waals surface area (Å²) in [5.41, 5.74) is 0.949. The van der Waals surface area contributed by atoms with Gasteiger partial charge in [-0.3, -0.25) is 10.1 Å². The number of nitro groups is 1. The number of nitro benzene ring substituents is 1. The summed E-state index contributed by atoms with van der Waals surface area (Å²) in [5.74, 6) is 0.909. The highest BCUT2D eigenvalue weighted by molar-refractivity contribution is 5.75. The molecule has 0 radical (unpaired) electrons. The van der Waals surface area contributed by atoms with Crippen LogP contribution in [0.5, 0.6) is 11.5 Å². The molecule has 0 aliphatic rings. The predicted octanol–water partition coefficient (Wildman–Crippen LogP) is 3.78. The standard InChI is InChI=1S/C17H14N2O4/c1-12(20)2-3-13-4-7-16(8-5-13)23-17-9-6-15(19(21)22)10-14(17)11-18/h4-10H,2-3H2,1H3. The number of nitriles is 1. The Morgan fingerprint density at radius 2 is 1.96 bits per heavy atom. The SMILES string of the molecule is CC(=O)CCc1ccc(Oc2ccc([N+](=O)[O-])cc2C#N)cc1. The Bertz CT molecular complexity index is 776. The van der Waals surface area contributed by atoms with Gasteiger partial charge in [0, 0.05) is 18.6 Å². The van der Waals surface area contributed by atoms with Crippen LogP contribution in [0.4, 0.5) is 5.69 Å². The second kappa shape index (κ2) is 7.18. The molecule has 0 saturated carbocycles. The fourth-order valence-corrected chi connectivity index (χ4v) is 1.98. The van der Waals surface area contributed by atoms with Crippen molar-refractivity contribution in [2.24, 2.45) is 0 Å². The van der Waals surface area contributed by atoms with E-state index in [1.807, 2.05) is 18.2 Å². The normalized spacial score (nSPS) is 9.91. The molecule has 0 bridgehead atoms. The number of rotatable bonds is 6. The zero-order chi connectivity index (χ0) is 16.8. The van der Waals surface area contributed by atoms with Crippen molar-refractivity contribution in [2.45, 2.75) is 19.8 Å². The minimum absolute atomic E-state index is 0.0971. The number of hydrogen-bond acceptors (Lipinski definition) is 5. The average molecular weight is 310 g/mol. The molecule has 2 aromatic rings. The lowest BCUT2D eigenvalue weighted by molar-refractivity contribution is -0.384. The second-order valence-electron chi connectivity index (χ2n) is 5.00. The zero-order valence-electron chi connectivity index (χ0n) is 12.5. The molecule has 116 valence electrons. The minimum atomic E-state index is -0.561. The fourth-order valence-electron chi connectivity index (χ4n) is 1.98. The van der Waals surface area contributed by atoms with Gasteiger partial charge >= 0.3 is 0 Å². The van der Waals surface area contributed by atoms with E-state index in [0.717, 1.165) is 5.56 Å². The van der Waals surface area contributed by atoms with Crippen LogP contribution in [0.2, 0.25) is 0 Å². The summed E-state index contributed by atoms with van der Waals surface area (Å²) >= 11 is 0. The number of benzene rings is 2. The molecule has 0 heterocycles. The maximum absolute atomic E-state index is 11.0. The Kier molecular flexibility index (Phi) is 5.05. The third kappa shape index (κ3) is 4.38. The fraction of sp³-hybridized carbons (Fsp3) is 0.176. The molecule has 0 spiro atoms. The van der Waals surface area contributed by atoms with Gasteiger partial charge in [0.15, 0.2) is 0 Å². The molecule has 0 fully saturated rings. The molecule has 2 rings (SSSR count). The number of Topliss-reactive ketones (excluding diaryl/α,β-unsaturated/α-hetero) is 1. The molecular formula is C17H14N2O4. The van der Waals surface area contributed by atoms with Gasteiger partial charge in [-0.1, -0.05) is 12.1 Å². The predicted molar refractivity (Wildman–Crippen MR) is 83.3 cm³/mol. The van der Waals surface area contributed by atoms with Crippen molar-refractivity contribution in [3.05, 3.63) is 63.7 Å². The average Bonchev–Trinajstić information content (AvgIpc) is 2.54. The van der Waals surface area contributed by atoms with Gasteiger partial charge in [-0.15, -0.1) is 0 Å². The number of nitrogens with zero attached hydrogens (tertiary/aromatic N) is 2. The highest BCUT2D eigenvalue weighted by Crippen LogP contribution is 2.28. The molecule has 0 unspecified atom stereocenters. The lowest BCUT2D eigenvalue weighted by atomic mass is 10.1. The monoisotopic (exact) mass is 310 g/mol. The Morgan fingerprint density at radius 1 is 1.26 bits per heavy atom. The third-order valence-electron chi connectivity index (χ3n) is 3.21. The minimum Gasteiger partial charge on any atom is -0.456 e. The van der Waals surface area contributed by atoms with E-state index in [9.17, 15) is 14.9 Å². The van der Waals surface area contributed by atoms with E-state index in [4.69, 9.17) is 10.00 Å². The van der Waals surface area contributed by atoms with Gasteiger partial charge in [-0.25, -0.2) is 0 Å². The molecule has 0 N–H and O–H groups in total. The number of hydrogen-bond donors (Lipinski definition) is 0. The highest BCUT2D eigenvalue weighted by Gasteiger charge is 2.12. The molecule has 0 aromatic heterocycles. The lowest BCUT2D eigenvalue weighted by Gasteiger charge is -2.08. The van der Waals surface area contributed by atoms with Gasteiger partial charge in [0.1, 0.15) is 28.9 Å². The number of non-ortho nitro benzene ring substituents is 1. The number of carbonyl (C=O) groups is 1. The van der Waals surface area contributed by atoms with Crippen LogP contribution < -0.4 is 4.74 Å². The Balaban J connectivity index is 2.14. The van der Waals surface area contributed by atoms with Crippen LogP contribution in [0.15, 0.2) is 42.5 Å². The molecule has 2 aromatic carbocycles. The van der Waals surface area contributed by atoms with E-state index >= 15 is 0 Å². The van der Waals surface area contributed by atoms with Gasteiger partial charge < -0.3 is 9.53 Å². The first-order valence-electron chi connectivity index (χ1n) is 6.94. The van der Waals surface area contributed by atoms with E-state index in [1.165, 1.54) is 18.2 Å². The lowest BCUT2D eigenvalue weighted by Crippen LogP contribution is -1.94. The quantitative estimate of drug-likeness (QED) is 0.598. The molecule has 0 amide bonds. The van der Waals surface area contributed by atoms with Crippen molar-refractivity contribution in [2.75, 3.05) is 0 Å². The van der Waals surface area contributed by atoms with Crippen molar-refractivity contribution < 1.29 is 14.5 Å². The number of ether oxygens (including phenoxy) is 1. The first-order valence-corrected chi connectivity index (χ1v) is 6.94. The van der Waals surface area contributed by atoms with Crippen LogP contribution in [0.3, 0.4) is 0 Å². The summed E-state index contributed by atoms with van der Waals surface area (Å²) < 4.78 is 5.60. The largest absolute Gasteiger partial charge is 0.456 e. The van der Waals surface area contributed by atoms with E-state index in [2.05, 4.69) is 0 Å². The molecule has 0 aliphatic heterocycles. The Morgan fingerprint density at radius 3 is 2.52 bits per heavy atom. The number of carbonyl (C=O) groups excluding carboxylic acids is 1. The molecular weight excluding hydrogens is 296 g/mol. The van der Waals surface area contributed by atoms with Gasteiger partial charge in [-0.2, -0.15) is 5.26 Å². The third-order valence-corrected chi connectivity index (χ3v) is 3.21. The van der Waals surface area contributed by atoms with Crippen LogP contribution in [-0.4, -0.2) is 10.7 Å². The van der Waals surface area contributed by atoms with Gasteiger partial charge in [0.05, 0.1) is 4.92 Å². The molecule has 6 nitrogen and oxygen atoms in total. The molecule has 23 heavy (non-hydrogen) atoms. The van der Waals surface area contributed by atoms with E-state index in [1.54, 1.807) is 19.1 Å². The van der Waals surface area contributed by atoms with Crippen LogP contribution in [0.1, 0.15) is 24.5 Å². The van der Waals surface area contributed by atoms with E-state index in [-0.39, 0.29) is 22.8 Å². The molecule has 0 aliphatic carbocycles. The van der Waals surface area contributed by atoms with Crippen molar-refractivity contribution in [1.82, 2.24) is 0 Å². The summed E-state index contributed by atoms with van der Waals surface area (Å²) in [6.07, 6.45) is 1.15. The zero-order valence-corrected chi connectivity index (χ0v) is 12.5. The smallest absolute Gasteiger partial charge is 0.271 e. The maximum atomic E-state index is 11.0. The van der Waals surface area contributed by atoms with Crippen molar-refractivity contribution in [3.63, 3.8) is 0 Å². The molecule has 6 heteroatoms.